The molecular formula is C14H26N6O. The summed E-state index contributed by atoms with van der Waals surface area (Å²) in [6, 6.07) is 0.927. The first-order valence-corrected chi connectivity index (χ1v) is 7.73. The number of aromatic nitrogens is 3. The standard InChI is InChI=1S/C14H26N6O/c1-4-20(5-2)13-16-12(15)17-14(18-13)21-10-8-11-7-6-9-19(11)3/h11H,4-10H2,1-3H3,(H2,15,16,17,18). The molecule has 0 bridgehead atoms. The Labute approximate surface area is 126 Å². The van der Waals surface area contributed by atoms with Crippen LogP contribution in [0.3, 0.4) is 0 Å². The largest absolute Gasteiger partial charge is 0.463 e. The van der Waals surface area contributed by atoms with Crippen molar-refractivity contribution in [2.75, 3.05) is 43.9 Å². The van der Waals surface area contributed by atoms with Crippen molar-refractivity contribution in [3.63, 3.8) is 0 Å². The maximum Gasteiger partial charge on any atom is 0.323 e. The normalized spacial score (nSPS) is 18.9. The van der Waals surface area contributed by atoms with E-state index >= 15 is 0 Å². The highest BCUT2D eigenvalue weighted by Crippen LogP contribution is 2.18. The SMILES string of the molecule is CCN(CC)c1nc(N)nc(OCCC2CCCN2C)n1. The Hall–Kier alpha value is -1.63. The number of nitrogen functional groups attached to an aromatic ring is 1. The summed E-state index contributed by atoms with van der Waals surface area (Å²) in [6.45, 7) is 7.55. The quantitative estimate of drug-likeness (QED) is 0.808. The molecule has 7 heteroatoms. The van der Waals surface area contributed by atoms with Crippen LogP contribution >= 0.6 is 0 Å². The van der Waals surface area contributed by atoms with Crippen LogP contribution in [0.25, 0.3) is 0 Å². The molecule has 0 spiro atoms. The van der Waals surface area contributed by atoms with Crippen molar-refractivity contribution in [1.29, 1.82) is 0 Å². The van der Waals surface area contributed by atoms with Gasteiger partial charge in [-0.05, 0) is 46.7 Å². The lowest BCUT2D eigenvalue weighted by atomic mass is 10.2. The second-order valence-electron chi connectivity index (χ2n) is 5.36. The molecule has 7 nitrogen and oxygen atoms in total. The van der Waals surface area contributed by atoms with Gasteiger partial charge in [0.05, 0.1) is 6.61 Å². The van der Waals surface area contributed by atoms with Gasteiger partial charge in [-0.15, -0.1) is 0 Å². The van der Waals surface area contributed by atoms with Crippen LogP contribution in [0.1, 0.15) is 33.1 Å². The van der Waals surface area contributed by atoms with Crippen molar-refractivity contribution < 1.29 is 4.74 Å². The maximum atomic E-state index is 5.75. The van der Waals surface area contributed by atoms with Gasteiger partial charge in [-0.2, -0.15) is 15.0 Å². The van der Waals surface area contributed by atoms with Gasteiger partial charge in [0, 0.05) is 19.1 Å². The fourth-order valence-electron chi connectivity index (χ4n) is 2.70. The summed E-state index contributed by atoms with van der Waals surface area (Å²) in [7, 11) is 2.16. The Morgan fingerprint density at radius 2 is 2.05 bits per heavy atom. The first kappa shape index (κ1) is 15.8. The van der Waals surface area contributed by atoms with E-state index in [0.29, 0.717) is 24.6 Å². The van der Waals surface area contributed by atoms with Crippen LogP contribution in [0.4, 0.5) is 11.9 Å². The van der Waals surface area contributed by atoms with Gasteiger partial charge in [-0.1, -0.05) is 0 Å². The number of anilines is 2. The molecule has 0 radical (unpaired) electrons. The van der Waals surface area contributed by atoms with Gasteiger partial charge in [0.2, 0.25) is 11.9 Å². The zero-order chi connectivity index (χ0) is 15.2. The fourth-order valence-corrected chi connectivity index (χ4v) is 2.70. The third-order valence-electron chi connectivity index (χ3n) is 4.02. The molecule has 1 aliphatic heterocycles. The third kappa shape index (κ3) is 4.17. The minimum absolute atomic E-state index is 0.208. The van der Waals surface area contributed by atoms with Gasteiger partial charge in [-0.25, -0.2) is 0 Å². The molecule has 2 N–H and O–H groups in total. The van der Waals surface area contributed by atoms with Crippen LogP contribution in [-0.4, -0.2) is 59.2 Å². The van der Waals surface area contributed by atoms with Gasteiger partial charge >= 0.3 is 6.01 Å². The maximum absolute atomic E-state index is 5.75. The lowest BCUT2D eigenvalue weighted by molar-refractivity contribution is 0.223. The molecule has 1 saturated heterocycles. The van der Waals surface area contributed by atoms with E-state index in [9.17, 15) is 0 Å². The van der Waals surface area contributed by atoms with Gasteiger partial charge in [0.25, 0.3) is 0 Å². The summed E-state index contributed by atoms with van der Waals surface area (Å²) in [5.74, 6) is 0.792. The van der Waals surface area contributed by atoms with E-state index in [1.807, 2.05) is 4.90 Å². The molecule has 2 rings (SSSR count). The van der Waals surface area contributed by atoms with Gasteiger partial charge < -0.3 is 20.3 Å². The molecular weight excluding hydrogens is 268 g/mol. The molecule has 0 saturated carbocycles. The molecule has 2 heterocycles. The van der Waals surface area contributed by atoms with Crippen molar-refractivity contribution in [2.45, 2.75) is 39.2 Å². The van der Waals surface area contributed by atoms with Crippen molar-refractivity contribution in [1.82, 2.24) is 19.9 Å². The van der Waals surface area contributed by atoms with Crippen LogP contribution in [0.15, 0.2) is 0 Å². The van der Waals surface area contributed by atoms with Crippen LogP contribution in [0.5, 0.6) is 6.01 Å². The lowest BCUT2D eigenvalue weighted by Crippen LogP contribution is -2.27. The number of ether oxygens (including phenoxy) is 1. The third-order valence-corrected chi connectivity index (χ3v) is 4.02. The molecule has 1 aliphatic rings. The van der Waals surface area contributed by atoms with Crippen molar-refractivity contribution >= 4 is 11.9 Å². The van der Waals surface area contributed by atoms with Crippen LogP contribution in [-0.2, 0) is 0 Å². The van der Waals surface area contributed by atoms with Gasteiger partial charge in [0.1, 0.15) is 0 Å². The molecule has 1 atom stereocenters. The van der Waals surface area contributed by atoms with E-state index in [0.717, 1.165) is 19.5 Å². The van der Waals surface area contributed by atoms with Crippen LogP contribution in [0, 0.1) is 0 Å². The summed E-state index contributed by atoms with van der Waals surface area (Å²) in [6.07, 6.45) is 3.50. The molecule has 1 aromatic rings. The Morgan fingerprint density at radius 1 is 1.29 bits per heavy atom. The molecule has 0 amide bonds. The van der Waals surface area contributed by atoms with Crippen molar-refractivity contribution in [3.8, 4) is 6.01 Å². The molecule has 1 aromatic heterocycles. The number of nitrogens with two attached hydrogens (primary N) is 1. The minimum Gasteiger partial charge on any atom is -0.463 e. The van der Waals surface area contributed by atoms with Crippen LogP contribution < -0.4 is 15.4 Å². The van der Waals surface area contributed by atoms with Gasteiger partial charge in [-0.3, -0.25) is 0 Å². The van der Waals surface area contributed by atoms with Crippen molar-refractivity contribution in [3.05, 3.63) is 0 Å². The fraction of sp³-hybridized carbons (Fsp3) is 0.786. The number of nitrogens with zero attached hydrogens (tertiary/aromatic N) is 5. The van der Waals surface area contributed by atoms with Crippen LogP contribution in [0.2, 0.25) is 0 Å². The van der Waals surface area contributed by atoms with E-state index in [-0.39, 0.29) is 5.95 Å². The number of hydrogen-bond acceptors (Lipinski definition) is 7. The zero-order valence-corrected chi connectivity index (χ0v) is 13.2. The highest BCUT2D eigenvalue weighted by Gasteiger charge is 2.20. The highest BCUT2D eigenvalue weighted by molar-refractivity contribution is 5.35. The number of hydrogen-bond donors (Lipinski definition) is 1. The first-order chi connectivity index (χ1) is 10.1. The van der Waals surface area contributed by atoms with E-state index < -0.39 is 0 Å². The van der Waals surface area contributed by atoms with E-state index in [1.165, 1.54) is 19.4 Å². The Bertz CT molecular complexity index is 451. The smallest absolute Gasteiger partial charge is 0.323 e. The molecule has 0 aliphatic carbocycles. The monoisotopic (exact) mass is 294 g/mol. The predicted octanol–water partition coefficient (Wildman–Crippen LogP) is 1.16. The topological polar surface area (TPSA) is 80.4 Å². The molecule has 21 heavy (non-hydrogen) atoms. The summed E-state index contributed by atoms with van der Waals surface area (Å²) in [4.78, 5) is 17.0. The van der Waals surface area contributed by atoms with E-state index in [2.05, 4.69) is 40.7 Å². The van der Waals surface area contributed by atoms with Crippen molar-refractivity contribution in [2.24, 2.45) is 0 Å². The average Bonchev–Trinajstić information content (AvgIpc) is 2.85. The summed E-state index contributed by atoms with van der Waals surface area (Å²) >= 11 is 0. The minimum atomic E-state index is 0.208. The second kappa shape index (κ2) is 7.40. The molecule has 1 fully saturated rings. The Kier molecular flexibility index (Phi) is 5.55. The second-order valence-corrected chi connectivity index (χ2v) is 5.36. The zero-order valence-electron chi connectivity index (χ0n) is 13.2. The van der Waals surface area contributed by atoms with E-state index in [4.69, 9.17) is 10.5 Å². The summed E-state index contributed by atoms with van der Waals surface area (Å²) in [5.41, 5.74) is 5.75. The Morgan fingerprint density at radius 3 is 2.67 bits per heavy atom. The molecule has 118 valence electrons. The average molecular weight is 294 g/mol. The summed E-state index contributed by atoms with van der Waals surface area (Å²) in [5, 5.41) is 0. The number of rotatable bonds is 7. The first-order valence-electron chi connectivity index (χ1n) is 7.73. The van der Waals surface area contributed by atoms with Gasteiger partial charge in [0.15, 0.2) is 0 Å². The lowest BCUT2D eigenvalue weighted by Gasteiger charge is -2.20. The molecule has 0 aromatic carbocycles. The Balaban J connectivity index is 1.93. The number of likely N-dealkylation sites (tertiary alicyclic amines) is 1. The molecule has 1 unspecified atom stereocenters. The predicted molar refractivity (Wildman–Crippen MR) is 83.6 cm³/mol. The summed E-state index contributed by atoms with van der Waals surface area (Å²) < 4.78 is 5.68. The highest BCUT2D eigenvalue weighted by atomic mass is 16.5. The van der Waals surface area contributed by atoms with E-state index in [1.54, 1.807) is 0 Å².